The summed E-state index contributed by atoms with van der Waals surface area (Å²) in [4.78, 5) is 10.2. The molecule has 0 spiro atoms. The monoisotopic (exact) mass is 332 g/mol. The van der Waals surface area contributed by atoms with E-state index in [1.807, 2.05) is 6.92 Å². The fourth-order valence-corrected chi connectivity index (χ4v) is 4.24. The molecule has 0 saturated heterocycles. The molecule has 0 bridgehead atoms. The Balaban J connectivity index is 2.48. The zero-order valence-electron chi connectivity index (χ0n) is 12.0. The van der Waals surface area contributed by atoms with E-state index < -0.39 is 20.6 Å². The van der Waals surface area contributed by atoms with Gasteiger partial charge in [0.25, 0.3) is 5.69 Å². The molecular formula is C13H17ClN2O4S. The Morgan fingerprint density at radius 1 is 1.43 bits per heavy atom. The summed E-state index contributed by atoms with van der Waals surface area (Å²) in [5, 5.41) is 10.9. The molecular weight excluding hydrogens is 316 g/mol. The van der Waals surface area contributed by atoms with Crippen molar-refractivity contribution < 1.29 is 13.3 Å². The molecule has 1 saturated carbocycles. The van der Waals surface area contributed by atoms with Crippen LogP contribution in [0.5, 0.6) is 0 Å². The summed E-state index contributed by atoms with van der Waals surface area (Å²) >= 11 is 5.80. The van der Waals surface area contributed by atoms with Gasteiger partial charge in [-0.15, -0.1) is 0 Å². The zero-order valence-corrected chi connectivity index (χ0v) is 13.6. The predicted octanol–water partition coefficient (Wildman–Crippen LogP) is 2.98. The standard InChI is InChI=1S/C13H17ClN2O4S/c1-8-6-11(14)12(16(17)18)7-13(8)21(19,20)15(3)9(2)10-4-5-10/h6-7,9-10H,4-5H2,1-3H3. The Morgan fingerprint density at radius 3 is 2.48 bits per heavy atom. The van der Waals surface area contributed by atoms with Gasteiger partial charge in [-0.1, -0.05) is 11.6 Å². The maximum absolute atomic E-state index is 12.7. The van der Waals surface area contributed by atoms with Gasteiger partial charge in [-0.2, -0.15) is 4.31 Å². The Bertz CT molecular complexity index is 686. The molecule has 1 fully saturated rings. The van der Waals surface area contributed by atoms with Gasteiger partial charge in [0.15, 0.2) is 0 Å². The van der Waals surface area contributed by atoms with Gasteiger partial charge in [0, 0.05) is 19.2 Å². The Labute approximate surface area is 128 Å². The second kappa shape index (κ2) is 5.55. The Morgan fingerprint density at radius 2 is 2.00 bits per heavy atom. The first-order valence-corrected chi connectivity index (χ1v) is 8.40. The summed E-state index contributed by atoms with van der Waals surface area (Å²) in [6, 6.07) is 2.25. The third-order valence-corrected chi connectivity index (χ3v) is 6.37. The molecule has 1 aromatic rings. The van der Waals surface area contributed by atoms with Crippen LogP contribution >= 0.6 is 11.6 Å². The van der Waals surface area contributed by atoms with Crippen LogP contribution in [0.1, 0.15) is 25.3 Å². The maximum atomic E-state index is 12.7. The molecule has 1 aliphatic carbocycles. The van der Waals surface area contributed by atoms with Crippen LogP contribution in [0.3, 0.4) is 0 Å². The van der Waals surface area contributed by atoms with Gasteiger partial charge in [0.1, 0.15) is 5.02 Å². The lowest BCUT2D eigenvalue weighted by atomic mass is 10.2. The minimum atomic E-state index is -3.78. The molecule has 6 nitrogen and oxygen atoms in total. The van der Waals surface area contributed by atoms with Gasteiger partial charge in [-0.25, -0.2) is 8.42 Å². The first kappa shape index (κ1) is 16.2. The zero-order chi connectivity index (χ0) is 15.9. The van der Waals surface area contributed by atoms with Gasteiger partial charge >= 0.3 is 0 Å². The average Bonchev–Trinajstić information content (AvgIpc) is 3.20. The van der Waals surface area contributed by atoms with E-state index in [2.05, 4.69) is 0 Å². The number of hydrogen-bond acceptors (Lipinski definition) is 4. The lowest BCUT2D eigenvalue weighted by molar-refractivity contribution is -0.384. The van der Waals surface area contributed by atoms with E-state index in [-0.39, 0.29) is 16.0 Å². The summed E-state index contributed by atoms with van der Waals surface area (Å²) in [6.07, 6.45) is 2.03. The molecule has 0 aromatic heterocycles. The fraction of sp³-hybridized carbons (Fsp3) is 0.538. The Hall–Kier alpha value is -1.18. The quantitative estimate of drug-likeness (QED) is 0.613. The number of nitro benzene ring substituents is 1. The number of hydrogen-bond donors (Lipinski definition) is 0. The molecule has 0 radical (unpaired) electrons. The van der Waals surface area contributed by atoms with Crippen LogP contribution in [0, 0.1) is 23.0 Å². The van der Waals surface area contributed by atoms with Crippen molar-refractivity contribution in [1.82, 2.24) is 4.31 Å². The molecule has 8 heteroatoms. The van der Waals surface area contributed by atoms with E-state index in [9.17, 15) is 18.5 Å². The van der Waals surface area contributed by atoms with Gasteiger partial charge < -0.3 is 0 Å². The first-order chi connectivity index (χ1) is 9.66. The average molecular weight is 333 g/mol. The molecule has 1 atom stereocenters. The highest BCUT2D eigenvalue weighted by Crippen LogP contribution is 2.38. The Kier molecular flexibility index (Phi) is 4.28. The van der Waals surface area contributed by atoms with E-state index in [1.54, 1.807) is 6.92 Å². The number of halogens is 1. The number of nitrogens with zero attached hydrogens (tertiary/aromatic N) is 2. The molecule has 0 heterocycles. The number of aryl methyl sites for hydroxylation is 1. The minimum absolute atomic E-state index is 0.0608. The van der Waals surface area contributed by atoms with Crippen LogP contribution in [0.15, 0.2) is 17.0 Å². The molecule has 116 valence electrons. The SMILES string of the molecule is Cc1cc(Cl)c([N+](=O)[O-])cc1S(=O)(=O)N(C)C(C)C1CC1. The second-order valence-corrected chi connectivity index (χ2v) is 7.80. The molecule has 0 N–H and O–H groups in total. The van der Waals surface area contributed by atoms with Gasteiger partial charge in [-0.3, -0.25) is 10.1 Å². The number of rotatable bonds is 5. The maximum Gasteiger partial charge on any atom is 0.289 e. The molecule has 1 aliphatic rings. The van der Waals surface area contributed by atoms with Crippen molar-refractivity contribution in [3.05, 3.63) is 32.8 Å². The van der Waals surface area contributed by atoms with Crippen molar-refractivity contribution in [3.63, 3.8) is 0 Å². The normalized spacial score (nSPS) is 17.0. The predicted molar refractivity (Wildman–Crippen MR) is 80.0 cm³/mol. The lowest BCUT2D eigenvalue weighted by Gasteiger charge is -2.25. The minimum Gasteiger partial charge on any atom is -0.258 e. The number of nitro groups is 1. The van der Waals surface area contributed by atoms with Crippen molar-refractivity contribution >= 4 is 27.3 Å². The summed E-state index contributed by atoms with van der Waals surface area (Å²) in [5.41, 5.74) is 0.00811. The highest BCUT2D eigenvalue weighted by Gasteiger charge is 2.37. The highest BCUT2D eigenvalue weighted by molar-refractivity contribution is 7.89. The van der Waals surface area contributed by atoms with Crippen LogP contribution in [-0.4, -0.2) is 30.7 Å². The highest BCUT2D eigenvalue weighted by atomic mass is 35.5. The summed E-state index contributed by atoms with van der Waals surface area (Å²) in [6.45, 7) is 3.44. The number of sulfonamides is 1. The van der Waals surface area contributed by atoms with Crippen molar-refractivity contribution in [2.45, 2.75) is 37.6 Å². The van der Waals surface area contributed by atoms with Gasteiger partial charge in [0.2, 0.25) is 10.0 Å². The van der Waals surface area contributed by atoms with Crippen LogP contribution in [0.25, 0.3) is 0 Å². The second-order valence-electron chi connectivity index (χ2n) is 5.43. The van der Waals surface area contributed by atoms with Gasteiger partial charge in [0.05, 0.1) is 9.82 Å². The van der Waals surface area contributed by atoms with Crippen LogP contribution in [0.2, 0.25) is 5.02 Å². The van der Waals surface area contributed by atoms with Crippen LogP contribution in [0.4, 0.5) is 5.69 Å². The van der Waals surface area contributed by atoms with Gasteiger partial charge in [-0.05, 0) is 44.2 Å². The van der Waals surface area contributed by atoms with E-state index in [0.29, 0.717) is 11.5 Å². The topological polar surface area (TPSA) is 80.5 Å². The largest absolute Gasteiger partial charge is 0.289 e. The van der Waals surface area contributed by atoms with E-state index in [0.717, 1.165) is 18.9 Å². The third kappa shape index (κ3) is 3.04. The summed E-state index contributed by atoms with van der Waals surface area (Å²) < 4.78 is 26.6. The van der Waals surface area contributed by atoms with E-state index in [4.69, 9.17) is 11.6 Å². The van der Waals surface area contributed by atoms with Crippen molar-refractivity contribution in [1.29, 1.82) is 0 Å². The van der Waals surface area contributed by atoms with Crippen molar-refractivity contribution in [3.8, 4) is 0 Å². The van der Waals surface area contributed by atoms with Crippen LogP contribution < -0.4 is 0 Å². The fourth-order valence-electron chi connectivity index (χ4n) is 2.31. The number of benzene rings is 1. The molecule has 0 amide bonds. The molecule has 1 aromatic carbocycles. The van der Waals surface area contributed by atoms with Crippen molar-refractivity contribution in [2.24, 2.45) is 5.92 Å². The third-order valence-electron chi connectivity index (χ3n) is 3.98. The van der Waals surface area contributed by atoms with E-state index in [1.165, 1.54) is 17.4 Å². The molecule has 1 unspecified atom stereocenters. The summed E-state index contributed by atoms with van der Waals surface area (Å²) in [5.74, 6) is 0.368. The summed E-state index contributed by atoms with van der Waals surface area (Å²) in [7, 11) is -2.26. The molecule has 0 aliphatic heterocycles. The molecule has 2 rings (SSSR count). The van der Waals surface area contributed by atoms with E-state index >= 15 is 0 Å². The van der Waals surface area contributed by atoms with Crippen molar-refractivity contribution in [2.75, 3.05) is 7.05 Å². The lowest BCUT2D eigenvalue weighted by Crippen LogP contribution is -2.36. The van der Waals surface area contributed by atoms with Crippen LogP contribution in [-0.2, 0) is 10.0 Å². The first-order valence-electron chi connectivity index (χ1n) is 6.59. The molecule has 21 heavy (non-hydrogen) atoms. The smallest absolute Gasteiger partial charge is 0.258 e.